The summed E-state index contributed by atoms with van der Waals surface area (Å²) in [6.45, 7) is 4.24. The average Bonchev–Trinajstić information content (AvgIpc) is 3.05. The summed E-state index contributed by atoms with van der Waals surface area (Å²) in [5, 5.41) is 10.3. The number of aliphatic hydroxyl groups excluding tert-OH is 1. The molecule has 27 heavy (non-hydrogen) atoms. The Morgan fingerprint density at radius 2 is 1.85 bits per heavy atom. The number of carbonyl (C=O) groups excluding carboxylic acids is 1. The number of amides is 1. The van der Waals surface area contributed by atoms with Gasteiger partial charge in [0.1, 0.15) is 0 Å². The molecule has 2 aliphatic rings. The Kier molecular flexibility index (Phi) is 4.24. The second kappa shape index (κ2) is 6.35. The smallest absolute Gasteiger partial charge is 0.264 e. The Balaban J connectivity index is 1.75. The van der Waals surface area contributed by atoms with Crippen LogP contribution in [0.15, 0.2) is 41.3 Å². The molecule has 1 amide bonds. The molecule has 1 unspecified atom stereocenters. The van der Waals surface area contributed by atoms with Crippen molar-refractivity contribution in [2.75, 3.05) is 22.3 Å². The highest BCUT2D eigenvalue weighted by atomic mass is 32.2. The zero-order valence-corrected chi connectivity index (χ0v) is 16.2. The number of hydrogen-bond acceptors (Lipinski definition) is 4. The molecule has 2 aliphatic heterocycles. The standard InChI is InChI=1S/C20H22N2O4S/c1-13-3-5-19-17(11-13)20(24)8-10-22(19)27(25,26)16-4-6-18-15(12-16)7-9-21(18)14(2)23/h3-6,11-12,20,24H,7-10H2,1-2H3. The number of anilines is 2. The van der Waals surface area contributed by atoms with Crippen LogP contribution in [0.25, 0.3) is 0 Å². The highest BCUT2D eigenvalue weighted by Gasteiger charge is 2.33. The van der Waals surface area contributed by atoms with E-state index < -0.39 is 16.1 Å². The highest BCUT2D eigenvalue weighted by Crippen LogP contribution is 2.38. The number of sulfonamides is 1. The number of nitrogens with zero attached hydrogens (tertiary/aromatic N) is 2. The first kappa shape index (κ1) is 18.0. The summed E-state index contributed by atoms with van der Waals surface area (Å²) in [6.07, 6.45) is 0.349. The summed E-state index contributed by atoms with van der Waals surface area (Å²) < 4.78 is 28.0. The van der Waals surface area contributed by atoms with E-state index in [0.717, 1.165) is 16.8 Å². The van der Waals surface area contributed by atoms with Gasteiger partial charge in [0.2, 0.25) is 5.91 Å². The average molecular weight is 386 g/mol. The summed E-state index contributed by atoms with van der Waals surface area (Å²) in [5.41, 5.74) is 3.81. The van der Waals surface area contributed by atoms with Gasteiger partial charge >= 0.3 is 0 Å². The highest BCUT2D eigenvalue weighted by molar-refractivity contribution is 7.92. The molecule has 1 N–H and O–H groups in total. The van der Waals surface area contributed by atoms with Crippen molar-refractivity contribution in [3.63, 3.8) is 0 Å². The molecule has 1 atom stereocenters. The van der Waals surface area contributed by atoms with Crippen LogP contribution in [0.2, 0.25) is 0 Å². The van der Waals surface area contributed by atoms with Crippen molar-refractivity contribution in [2.45, 2.75) is 37.7 Å². The second-order valence-electron chi connectivity index (χ2n) is 7.16. The minimum atomic E-state index is -3.75. The monoisotopic (exact) mass is 386 g/mol. The first-order valence-electron chi connectivity index (χ1n) is 9.01. The van der Waals surface area contributed by atoms with Crippen LogP contribution in [0, 0.1) is 6.92 Å². The molecule has 6 nitrogen and oxygen atoms in total. The number of aryl methyl sites for hydroxylation is 1. The number of rotatable bonds is 2. The van der Waals surface area contributed by atoms with E-state index in [1.54, 1.807) is 29.2 Å². The fourth-order valence-electron chi connectivity index (χ4n) is 3.93. The van der Waals surface area contributed by atoms with Crippen molar-refractivity contribution in [2.24, 2.45) is 0 Å². The Morgan fingerprint density at radius 3 is 2.59 bits per heavy atom. The maximum atomic E-state index is 13.3. The largest absolute Gasteiger partial charge is 0.388 e. The van der Waals surface area contributed by atoms with Gasteiger partial charge in [-0.15, -0.1) is 0 Å². The van der Waals surface area contributed by atoms with Crippen LogP contribution in [0.1, 0.15) is 36.1 Å². The van der Waals surface area contributed by atoms with Gasteiger partial charge < -0.3 is 10.0 Å². The zero-order chi connectivity index (χ0) is 19.3. The van der Waals surface area contributed by atoms with E-state index in [1.165, 1.54) is 11.2 Å². The molecule has 0 saturated heterocycles. The Morgan fingerprint density at radius 1 is 1.11 bits per heavy atom. The van der Waals surface area contributed by atoms with Crippen LogP contribution in [-0.4, -0.2) is 32.5 Å². The summed E-state index contributed by atoms with van der Waals surface area (Å²) in [7, 11) is -3.75. The molecule has 142 valence electrons. The van der Waals surface area contributed by atoms with E-state index in [9.17, 15) is 18.3 Å². The fraction of sp³-hybridized carbons (Fsp3) is 0.350. The number of carbonyl (C=O) groups is 1. The molecule has 7 heteroatoms. The quantitative estimate of drug-likeness (QED) is 0.860. The lowest BCUT2D eigenvalue weighted by molar-refractivity contribution is -0.116. The van der Waals surface area contributed by atoms with E-state index in [0.29, 0.717) is 30.6 Å². The maximum absolute atomic E-state index is 13.3. The molecule has 0 aliphatic carbocycles. The molecule has 0 spiro atoms. The van der Waals surface area contributed by atoms with E-state index in [2.05, 4.69) is 0 Å². The first-order valence-corrected chi connectivity index (χ1v) is 10.5. The number of benzene rings is 2. The molecule has 0 bridgehead atoms. The lowest BCUT2D eigenvalue weighted by Crippen LogP contribution is -2.36. The third kappa shape index (κ3) is 2.91. The van der Waals surface area contributed by atoms with Crippen molar-refractivity contribution in [3.05, 3.63) is 53.1 Å². The molecule has 0 radical (unpaired) electrons. The number of hydrogen-bond donors (Lipinski definition) is 1. The Labute approximate surface area is 159 Å². The minimum Gasteiger partial charge on any atom is -0.388 e. The van der Waals surface area contributed by atoms with Gasteiger partial charge in [0.25, 0.3) is 10.0 Å². The van der Waals surface area contributed by atoms with Crippen LogP contribution >= 0.6 is 0 Å². The van der Waals surface area contributed by atoms with E-state index in [4.69, 9.17) is 0 Å². The van der Waals surface area contributed by atoms with Crippen molar-refractivity contribution >= 4 is 27.3 Å². The van der Waals surface area contributed by atoms with Crippen LogP contribution in [0.5, 0.6) is 0 Å². The lowest BCUT2D eigenvalue weighted by atomic mass is 9.99. The summed E-state index contributed by atoms with van der Waals surface area (Å²) in [4.78, 5) is 13.6. The summed E-state index contributed by atoms with van der Waals surface area (Å²) in [5.74, 6) is -0.0429. The Hall–Kier alpha value is -2.38. The third-order valence-corrected chi connectivity index (χ3v) is 7.14. The van der Waals surface area contributed by atoms with Crippen molar-refractivity contribution in [1.29, 1.82) is 0 Å². The molecule has 0 fully saturated rings. The van der Waals surface area contributed by atoms with Gasteiger partial charge in [-0.2, -0.15) is 0 Å². The molecular weight excluding hydrogens is 364 g/mol. The van der Waals surface area contributed by atoms with Crippen LogP contribution < -0.4 is 9.21 Å². The minimum absolute atomic E-state index is 0.0429. The molecule has 2 heterocycles. The van der Waals surface area contributed by atoms with Gasteiger partial charge in [0.05, 0.1) is 16.7 Å². The molecule has 2 aromatic rings. The SMILES string of the molecule is CC(=O)N1CCc2cc(S(=O)(=O)N3CCC(O)c4cc(C)ccc43)ccc21. The fourth-order valence-corrected chi connectivity index (χ4v) is 5.48. The zero-order valence-electron chi connectivity index (χ0n) is 15.3. The number of fused-ring (bicyclic) bond motifs is 2. The van der Waals surface area contributed by atoms with E-state index in [-0.39, 0.29) is 17.3 Å². The predicted molar refractivity (Wildman–Crippen MR) is 103 cm³/mol. The van der Waals surface area contributed by atoms with Gasteiger partial charge in [0, 0.05) is 31.3 Å². The predicted octanol–water partition coefficient (Wildman–Crippen LogP) is 2.54. The molecule has 2 aromatic carbocycles. The molecule has 0 saturated carbocycles. The van der Waals surface area contributed by atoms with Gasteiger partial charge in [-0.3, -0.25) is 9.10 Å². The van der Waals surface area contributed by atoms with Gasteiger partial charge in [-0.05, 0) is 49.6 Å². The lowest BCUT2D eigenvalue weighted by Gasteiger charge is -2.33. The molecular formula is C20H22N2O4S. The van der Waals surface area contributed by atoms with E-state index >= 15 is 0 Å². The Bertz CT molecular complexity index is 1030. The van der Waals surface area contributed by atoms with Crippen molar-refractivity contribution in [1.82, 2.24) is 0 Å². The molecule has 0 aromatic heterocycles. The van der Waals surface area contributed by atoms with Crippen molar-refractivity contribution < 1.29 is 18.3 Å². The maximum Gasteiger partial charge on any atom is 0.264 e. The second-order valence-corrected chi connectivity index (χ2v) is 9.02. The van der Waals surface area contributed by atoms with Crippen molar-refractivity contribution in [3.8, 4) is 0 Å². The first-order chi connectivity index (χ1) is 12.8. The van der Waals surface area contributed by atoms with Crippen LogP contribution in [0.3, 0.4) is 0 Å². The van der Waals surface area contributed by atoms with Crippen LogP contribution in [0.4, 0.5) is 11.4 Å². The molecule has 4 rings (SSSR count). The topological polar surface area (TPSA) is 77.9 Å². The van der Waals surface area contributed by atoms with Gasteiger partial charge in [0.15, 0.2) is 0 Å². The summed E-state index contributed by atoms with van der Waals surface area (Å²) in [6, 6.07) is 10.4. The third-order valence-electron chi connectivity index (χ3n) is 5.33. The van der Waals surface area contributed by atoms with Gasteiger partial charge in [-0.1, -0.05) is 17.7 Å². The normalized spacial score (nSPS) is 19.0. The number of aliphatic hydroxyl groups is 1. The van der Waals surface area contributed by atoms with Gasteiger partial charge in [-0.25, -0.2) is 8.42 Å². The van der Waals surface area contributed by atoms with E-state index in [1.807, 2.05) is 19.1 Å². The summed E-state index contributed by atoms with van der Waals surface area (Å²) >= 11 is 0. The van der Waals surface area contributed by atoms with Crippen LogP contribution in [-0.2, 0) is 21.2 Å².